The molecule has 0 bridgehead atoms. The van der Waals surface area contributed by atoms with Gasteiger partial charge < -0.3 is 9.73 Å². The number of fused-ring (bicyclic) bond motifs is 1. The minimum Gasteiger partial charge on any atom is -0.451 e. The Hall–Kier alpha value is -3.48. The van der Waals surface area contributed by atoms with Gasteiger partial charge in [0, 0.05) is 29.0 Å². The van der Waals surface area contributed by atoms with Crippen LogP contribution in [0.5, 0.6) is 0 Å². The molecule has 32 heavy (non-hydrogen) atoms. The van der Waals surface area contributed by atoms with Crippen molar-refractivity contribution in [1.82, 2.24) is 19.7 Å². The van der Waals surface area contributed by atoms with Crippen molar-refractivity contribution in [3.63, 3.8) is 0 Å². The predicted molar refractivity (Wildman–Crippen MR) is 122 cm³/mol. The molecule has 0 unspecified atom stereocenters. The molecule has 0 saturated heterocycles. The van der Waals surface area contributed by atoms with Crippen LogP contribution in [-0.4, -0.2) is 25.7 Å². The average molecular weight is 428 g/mol. The number of carbonyl (C=O) groups is 1. The Morgan fingerprint density at radius 1 is 1.16 bits per heavy atom. The van der Waals surface area contributed by atoms with Crippen LogP contribution < -0.4 is 5.32 Å². The lowest BCUT2D eigenvalue weighted by molar-refractivity contribution is 0.102. The normalized spacial score (nSPS) is 16.7. The van der Waals surface area contributed by atoms with Crippen LogP contribution in [-0.2, 0) is 0 Å². The summed E-state index contributed by atoms with van der Waals surface area (Å²) in [7, 11) is 0. The number of aryl methyl sites for hydroxylation is 1. The van der Waals surface area contributed by atoms with E-state index >= 15 is 0 Å². The number of amides is 1. The smallest absolute Gasteiger partial charge is 0.277 e. The topological polar surface area (TPSA) is 85.8 Å². The molecule has 4 aromatic rings. The highest BCUT2D eigenvalue weighted by molar-refractivity contribution is 6.05. The maximum Gasteiger partial charge on any atom is 0.277 e. The van der Waals surface area contributed by atoms with Gasteiger partial charge in [0.05, 0.1) is 17.2 Å². The zero-order chi connectivity index (χ0) is 21.7. The van der Waals surface area contributed by atoms with Gasteiger partial charge in [-0.25, -0.2) is 4.98 Å². The maximum atomic E-state index is 12.7. The van der Waals surface area contributed by atoms with E-state index in [9.17, 15) is 4.79 Å². The fourth-order valence-corrected chi connectivity index (χ4v) is 4.93. The van der Waals surface area contributed by atoms with E-state index in [0.29, 0.717) is 12.0 Å². The number of anilines is 1. The number of aromatic nitrogens is 4. The van der Waals surface area contributed by atoms with Crippen LogP contribution in [0.2, 0.25) is 0 Å². The zero-order valence-corrected chi connectivity index (χ0v) is 18.0. The fourth-order valence-electron chi connectivity index (χ4n) is 4.93. The van der Waals surface area contributed by atoms with Crippen molar-refractivity contribution >= 4 is 22.5 Å². The number of oxazole rings is 1. The quantitative estimate of drug-likeness (QED) is 0.445. The third-order valence-electron chi connectivity index (χ3n) is 6.73. The van der Waals surface area contributed by atoms with Gasteiger partial charge in [0.25, 0.3) is 5.91 Å². The summed E-state index contributed by atoms with van der Waals surface area (Å²) in [6, 6.07) is 6.84. The lowest BCUT2D eigenvalue weighted by Crippen LogP contribution is -2.13. The van der Waals surface area contributed by atoms with Gasteiger partial charge in [-0.15, -0.1) is 0 Å². The van der Waals surface area contributed by atoms with Crippen molar-refractivity contribution < 1.29 is 9.21 Å². The van der Waals surface area contributed by atoms with E-state index in [-0.39, 0.29) is 11.6 Å². The van der Waals surface area contributed by atoms with Crippen LogP contribution in [0, 0.1) is 6.92 Å². The number of carbonyl (C=O) groups excluding carboxylic acids is 1. The van der Waals surface area contributed by atoms with Gasteiger partial charge >= 0.3 is 0 Å². The summed E-state index contributed by atoms with van der Waals surface area (Å²) in [5.41, 5.74) is 6.30. The first-order chi connectivity index (χ1) is 15.7. The number of hydrogen-bond acceptors (Lipinski definition) is 5. The Kier molecular flexibility index (Phi) is 4.56. The number of nitrogens with zero attached hydrogens (tertiary/aromatic N) is 4. The molecule has 6 rings (SSSR count). The first kappa shape index (κ1) is 19.2. The lowest BCUT2D eigenvalue weighted by atomic mass is 9.93. The minimum atomic E-state index is -0.297. The molecular formula is C25H25N5O2. The van der Waals surface area contributed by atoms with Crippen molar-refractivity contribution in [3.8, 4) is 11.1 Å². The number of rotatable bonds is 5. The number of nitrogens with one attached hydrogen (secondary N) is 1. The molecule has 0 spiro atoms. The summed E-state index contributed by atoms with van der Waals surface area (Å²) in [5, 5.41) is 9.09. The Balaban J connectivity index is 1.47. The van der Waals surface area contributed by atoms with Gasteiger partial charge in [-0.1, -0.05) is 12.8 Å². The van der Waals surface area contributed by atoms with Crippen molar-refractivity contribution in [3.05, 3.63) is 60.2 Å². The molecule has 2 aliphatic rings. The molecule has 7 nitrogen and oxygen atoms in total. The molecular weight excluding hydrogens is 402 g/mol. The molecule has 3 aromatic heterocycles. The Labute approximate surface area is 185 Å². The third-order valence-corrected chi connectivity index (χ3v) is 6.73. The molecule has 1 amide bonds. The van der Waals surface area contributed by atoms with Crippen molar-refractivity contribution in [2.75, 3.05) is 5.32 Å². The highest BCUT2D eigenvalue weighted by Crippen LogP contribution is 2.47. The second-order valence-electron chi connectivity index (χ2n) is 8.97. The number of pyridine rings is 1. The van der Waals surface area contributed by atoms with Crippen LogP contribution in [0.1, 0.15) is 72.2 Å². The minimum absolute atomic E-state index is 0.251. The summed E-state index contributed by atoms with van der Waals surface area (Å²) < 4.78 is 7.14. The molecule has 1 aromatic carbocycles. The van der Waals surface area contributed by atoms with E-state index in [0.717, 1.165) is 33.4 Å². The Morgan fingerprint density at radius 3 is 2.75 bits per heavy atom. The van der Waals surface area contributed by atoms with E-state index in [4.69, 9.17) is 9.52 Å². The van der Waals surface area contributed by atoms with E-state index in [1.165, 1.54) is 56.7 Å². The SMILES string of the molecule is Cc1nccc(NC(=O)c2cocn2)c1-c1cc2cn(C3CCCC3)nc2cc1C1CC1. The summed E-state index contributed by atoms with van der Waals surface area (Å²) in [6.45, 7) is 1.99. The molecule has 162 valence electrons. The average Bonchev–Trinajstić information content (AvgIpc) is 3.20. The van der Waals surface area contributed by atoms with Gasteiger partial charge in [0.15, 0.2) is 12.1 Å². The predicted octanol–water partition coefficient (Wildman–Crippen LogP) is 5.64. The van der Waals surface area contributed by atoms with Crippen LogP contribution in [0.25, 0.3) is 22.0 Å². The molecule has 0 aliphatic heterocycles. The summed E-state index contributed by atoms with van der Waals surface area (Å²) in [5.74, 6) is 0.235. The Morgan fingerprint density at radius 2 is 2.00 bits per heavy atom. The van der Waals surface area contributed by atoms with E-state index < -0.39 is 0 Å². The summed E-state index contributed by atoms with van der Waals surface area (Å²) >= 11 is 0. The van der Waals surface area contributed by atoms with Crippen LogP contribution in [0.3, 0.4) is 0 Å². The van der Waals surface area contributed by atoms with E-state index in [1.54, 1.807) is 6.20 Å². The van der Waals surface area contributed by atoms with Gasteiger partial charge in [0.2, 0.25) is 0 Å². The molecule has 2 saturated carbocycles. The van der Waals surface area contributed by atoms with Crippen molar-refractivity contribution in [1.29, 1.82) is 0 Å². The maximum absolute atomic E-state index is 12.7. The van der Waals surface area contributed by atoms with Gasteiger partial charge in [-0.3, -0.25) is 14.5 Å². The standard InChI is InChI=1S/C25H25N5O2/c1-15-24(21(8-9-26-15)28-25(31)23-13-32-14-27-23)20-10-17-12-30(18-4-2-3-5-18)29-22(17)11-19(20)16-6-7-16/h8-14,16,18H,2-7H2,1H3,(H,26,28,31). The zero-order valence-electron chi connectivity index (χ0n) is 18.0. The largest absolute Gasteiger partial charge is 0.451 e. The van der Waals surface area contributed by atoms with E-state index in [1.807, 2.05) is 13.0 Å². The second-order valence-corrected chi connectivity index (χ2v) is 8.97. The number of hydrogen-bond donors (Lipinski definition) is 1. The summed E-state index contributed by atoms with van der Waals surface area (Å²) in [4.78, 5) is 21.2. The van der Waals surface area contributed by atoms with Crippen LogP contribution in [0.15, 0.2) is 47.7 Å². The summed E-state index contributed by atoms with van der Waals surface area (Å²) in [6.07, 6.45) is 13.9. The van der Waals surface area contributed by atoms with Crippen molar-refractivity contribution in [2.24, 2.45) is 0 Å². The van der Waals surface area contributed by atoms with Crippen molar-refractivity contribution in [2.45, 2.75) is 57.4 Å². The highest BCUT2D eigenvalue weighted by atomic mass is 16.3. The molecule has 3 heterocycles. The monoisotopic (exact) mass is 427 g/mol. The lowest BCUT2D eigenvalue weighted by Gasteiger charge is -2.16. The second kappa shape index (κ2) is 7.58. The molecule has 2 aliphatic carbocycles. The molecule has 0 radical (unpaired) electrons. The van der Waals surface area contributed by atoms with Crippen LogP contribution in [0.4, 0.5) is 5.69 Å². The molecule has 1 N–H and O–H groups in total. The molecule has 0 atom stereocenters. The van der Waals surface area contributed by atoms with Crippen LogP contribution >= 0.6 is 0 Å². The molecule has 2 fully saturated rings. The van der Waals surface area contributed by atoms with Gasteiger partial charge in [-0.2, -0.15) is 5.10 Å². The first-order valence-electron chi connectivity index (χ1n) is 11.4. The first-order valence-corrected chi connectivity index (χ1v) is 11.4. The van der Waals surface area contributed by atoms with Gasteiger partial charge in [-0.05, 0) is 67.9 Å². The Bertz CT molecular complexity index is 1300. The highest BCUT2D eigenvalue weighted by Gasteiger charge is 2.29. The van der Waals surface area contributed by atoms with E-state index in [2.05, 4.69) is 38.3 Å². The van der Waals surface area contributed by atoms with Gasteiger partial charge in [0.1, 0.15) is 6.26 Å². The molecule has 7 heteroatoms. The number of benzene rings is 1. The third kappa shape index (κ3) is 3.38. The fraction of sp³-hybridized carbons (Fsp3) is 0.360.